The van der Waals surface area contributed by atoms with Gasteiger partial charge in [-0.05, 0) is 0 Å². The lowest BCUT2D eigenvalue weighted by Crippen LogP contribution is -1.97. The molecule has 0 aromatic carbocycles. The molecule has 0 amide bonds. The van der Waals surface area contributed by atoms with Crippen molar-refractivity contribution in [3.8, 4) is 5.88 Å². The maximum Gasteiger partial charge on any atom is 0.256 e. The van der Waals surface area contributed by atoms with Crippen LogP contribution in [0.5, 0.6) is 5.88 Å². The number of halogens is 1. The molecule has 2 aromatic rings. The summed E-state index contributed by atoms with van der Waals surface area (Å²) in [6, 6.07) is 1.57. The predicted molar refractivity (Wildman–Crippen MR) is 42.3 cm³/mol. The van der Waals surface area contributed by atoms with E-state index in [0.29, 0.717) is 16.8 Å². The molecule has 0 aliphatic carbocycles. The number of aromatic nitrogens is 4. The minimum atomic E-state index is 0.340. The second-order valence-electron chi connectivity index (χ2n) is 2.09. The van der Waals surface area contributed by atoms with Gasteiger partial charge in [-0.1, -0.05) is 11.6 Å². The lowest BCUT2D eigenvalue weighted by molar-refractivity contribution is 0.384. The smallest absolute Gasteiger partial charge is 0.256 e. The zero-order valence-corrected chi connectivity index (χ0v) is 6.99. The Morgan fingerprint density at radius 2 is 2.42 bits per heavy atom. The zero-order chi connectivity index (χ0) is 8.55. The monoisotopic (exact) mass is 184 g/mol. The van der Waals surface area contributed by atoms with Gasteiger partial charge in [-0.25, -0.2) is 0 Å². The largest absolute Gasteiger partial charge is 0.481 e. The van der Waals surface area contributed by atoms with E-state index in [0.717, 1.165) is 0 Å². The van der Waals surface area contributed by atoms with Crippen molar-refractivity contribution in [2.75, 3.05) is 7.11 Å². The van der Waals surface area contributed by atoms with Crippen molar-refractivity contribution in [3.63, 3.8) is 0 Å². The number of nitrogens with zero attached hydrogens (tertiary/aromatic N) is 4. The molecule has 0 atom stereocenters. The highest BCUT2D eigenvalue weighted by molar-refractivity contribution is 6.29. The normalized spacial score (nSPS) is 10.5. The van der Waals surface area contributed by atoms with E-state index in [1.54, 1.807) is 6.07 Å². The van der Waals surface area contributed by atoms with Crippen molar-refractivity contribution in [1.29, 1.82) is 0 Å². The SMILES string of the molecule is COc1cc(Cl)nc2ncnn12. The van der Waals surface area contributed by atoms with E-state index in [1.807, 2.05) is 0 Å². The van der Waals surface area contributed by atoms with Crippen molar-refractivity contribution < 1.29 is 4.74 Å². The summed E-state index contributed by atoms with van der Waals surface area (Å²) in [4.78, 5) is 7.78. The van der Waals surface area contributed by atoms with Gasteiger partial charge in [-0.3, -0.25) is 0 Å². The van der Waals surface area contributed by atoms with Crippen LogP contribution in [0.25, 0.3) is 5.78 Å². The molecule has 0 unspecified atom stereocenters. The van der Waals surface area contributed by atoms with Crippen molar-refractivity contribution in [2.24, 2.45) is 0 Å². The van der Waals surface area contributed by atoms with E-state index in [-0.39, 0.29) is 0 Å². The van der Waals surface area contributed by atoms with Crippen molar-refractivity contribution >= 4 is 17.4 Å². The van der Waals surface area contributed by atoms with Crippen LogP contribution in [0.15, 0.2) is 12.4 Å². The summed E-state index contributed by atoms with van der Waals surface area (Å²) in [5.74, 6) is 0.946. The molecule has 0 spiro atoms. The number of rotatable bonds is 1. The molecule has 0 radical (unpaired) electrons. The molecule has 0 saturated heterocycles. The Bertz CT molecular complexity index is 413. The summed E-state index contributed by atoms with van der Waals surface area (Å²) in [6.45, 7) is 0. The second-order valence-corrected chi connectivity index (χ2v) is 2.48. The van der Waals surface area contributed by atoms with Gasteiger partial charge in [-0.2, -0.15) is 19.6 Å². The van der Waals surface area contributed by atoms with E-state index >= 15 is 0 Å². The van der Waals surface area contributed by atoms with Crippen LogP contribution in [0, 0.1) is 0 Å². The van der Waals surface area contributed by atoms with Gasteiger partial charge in [0, 0.05) is 6.07 Å². The summed E-state index contributed by atoms with van der Waals surface area (Å²) in [7, 11) is 1.53. The Kier molecular flexibility index (Phi) is 1.58. The van der Waals surface area contributed by atoms with Gasteiger partial charge in [-0.15, -0.1) is 0 Å². The van der Waals surface area contributed by atoms with E-state index in [2.05, 4.69) is 15.1 Å². The summed E-state index contributed by atoms with van der Waals surface area (Å²) < 4.78 is 6.47. The fourth-order valence-corrected chi connectivity index (χ4v) is 1.07. The zero-order valence-electron chi connectivity index (χ0n) is 6.23. The Labute approximate surface area is 73.0 Å². The van der Waals surface area contributed by atoms with Gasteiger partial charge in [0.1, 0.15) is 11.5 Å². The molecule has 0 N–H and O–H groups in total. The maximum atomic E-state index is 5.69. The van der Waals surface area contributed by atoms with Gasteiger partial charge < -0.3 is 4.74 Å². The molecular weight excluding hydrogens is 180 g/mol. The first kappa shape index (κ1) is 7.30. The number of methoxy groups -OCH3 is 1. The van der Waals surface area contributed by atoms with Crippen LogP contribution in [-0.4, -0.2) is 26.7 Å². The predicted octanol–water partition coefficient (Wildman–Crippen LogP) is 0.786. The minimum absolute atomic E-state index is 0.340. The van der Waals surface area contributed by atoms with E-state index in [1.165, 1.54) is 18.0 Å². The van der Waals surface area contributed by atoms with Crippen LogP contribution in [-0.2, 0) is 0 Å². The highest BCUT2D eigenvalue weighted by Crippen LogP contribution is 2.15. The van der Waals surface area contributed by atoms with Gasteiger partial charge in [0.25, 0.3) is 5.78 Å². The van der Waals surface area contributed by atoms with Crippen molar-refractivity contribution in [3.05, 3.63) is 17.5 Å². The minimum Gasteiger partial charge on any atom is -0.481 e. The number of hydrogen-bond donors (Lipinski definition) is 0. The van der Waals surface area contributed by atoms with Crippen molar-refractivity contribution in [2.45, 2.75) is 0 Å². The summed E-state index contributed by atoms with van der Waals surface area (Å²) >= 11 is 5.69. The first-order valence-electron chi connectivity index (χ1n) is 3.21. The van der Waals surface area contributed by atoms with Crippen LogP contribution in [0.4, 0.5) is 0 Å². The third-order valence-corrected chi connectivity index (χ3v) is 1.59. The molecule has 2 aromatic heterocycles. The summed E-state index contributed by atoms with van der Waals surface area (Å²) in [5.41, 5.74) is 0. The summed E-state index contributed by atoms with van der Waals surface area (Å²) in [6.07, 6.45) is 1.39. The first-order chi connectivity index (χ1) is 5.81. The van der Waals surface area contributed by atoms with Gasteiger partial charge >= 0.3 is 0 Å². The number of ether oxygens (including phenoxy) is 1. The molecule has 0 aliphatic heterocycles. The first-order valence-corrected chi connectivity index (χ1v) is 3.59. The highest BCUT2D eigenvalue weighted by atomic mass is 35.5. The Morgan fingerprint density at radius 3 is 3.17 bits per heavy atom. The molecule has 0 bridgehead atoms. The topological polar surface area (TPSA) is 52.3 Å². The van der Waals surface area contributed by atoms with Crippen molar-refractivity contribution in [1.82, 2.24) is 19.6 Å². The standard InChI is InChI=1S/C6H5ClN4O/c1-12-5-2-4(7)10-6-8-3-9-11(5)6/h2-3H,1H3. The molecule has 0 aliphatic rings. The van der Waals surface area contributed by atoms with E-state index in [9.17, 15) is 0 Å². The third-order valence-electron chi connectivity index (χ3n) is 1.40. The van der Waals surface area contributed by atoms with Gasteiger partial charge in [0.15, 0.2) is 0 Å². The number of fused-ring (bicyclic) bond motifs is 1. The van der Waals surface area contributed by atoms with Gasteiger partial charge in [0.05, 0.1) is 7.11 Å². The molecule has 0 saturated carbocycles. The quantitative estimate of drug-likeness (QED) is 0.615. The Hall–Kier alpha value is -1.36. The molecular formula is C6H5ClN4O. The number of hydrogen-bond acceptors (Lipinski definition) is 4. The molecule has 2 rings (SSSR count). The fourth-order valence-electron chi connectivity index (χ4n) is 0.903. The molecule has 0 fully saturated rings. The molecule has 2 heterocycles. The Balaban J connectivity index is 2.80. The van der Waals surface area contributed by atoms with E-state index < -0.39 is 0 Å². The fraction of sp³-hybridized carbons (Fsp3) is 0.167. The summed E-state index contributed by atoms with van der Waals surface area (Å²) in [5, 5.41) is 4.23. The molecule has 6 heteroatoms. The highest BCUT2D eigenvalue weighted by Gasteiger charge is 2.04. The third kappa shape index (κ3) is 0.984. The Morgan fingerprint density at radius 1 is 1.58 bits per heavy atom. The van der Waals surface area contributed by atoms with Crippen LogP contribution >= 0.6 is 11.6 Å². The van der Waals surface area contributed by atoms with E-state index in [4.69, 9.17) is 16.3 Å². The maximum absolute atomic E-state index is 5.69. The lowest BCUT2D eigenvalue weighted by atomic mass is 10.6. The average Bonchev–Trinajstić information content (AvgIpc) is 2.50. The average molecular weight is 185 g/mol. The van der Waals surface area contributed by atoms with Crippen LogP contribution < -0.4 is 4.74 Å². The van der Waals surface area contributed by atoms with Gasteiger partial charge in [0.2, 0.25) is 5.88 Å². The van der Waals surface area contributed by atoms with Crippen LogP contribution in [0.2, 0.25) is 5.15 Å². The molecule has 12 heavy (non-hydrogen) atoms. The second kappa shape index (κ2) is 2.60. The van der Waals surface area contributed by atoms with Crippen LogP contribution in [0.3, 0.4) is 0 Å². The molecule has 5 nitrogen and oxygen atoms in total. The molecule has 62 valence electrons. The lowest BCUT2D eigenvalue weighted by Gasteiger charge is -2.00. The van der Waals surface area contributed by atoms with Crippen LogP contribution in [0.1, 0.15) is 0 Å².